The zero-order valence-electron chi connectivity index (χ0n) is 25.6. The predicted octanol–water partition coefficient (Wildman–Crippen LogP) is 4.61. The van der Waals surface area contributed by atoms with Crippen molar-refractivity contribution in [1.29, 1.82) is 0 Å². The summed E-state index contributed by atoms with van der Waals surface area (Å²) in [6.07, 6.45) is 2.88. The topological polar surface area (TPSA) is 90.9 Å². The minimum Gasteiger partial charge on any atom is -0.389 e. The van der Waals surface area contributed by atoms with Crippen LogP contribution in [0.15, 0.2) is 48.5 Å². The van der Waals surface area contributed by atoms with Gasteiger partial charge in [0, 0.05) is 31.7 Å². The highest BCUT2D eigenvalue weighted by Crippen LogP contribution is 2.31. The van der Waals surface area contributed by atoms with Crippen molar-refractivity contribution in [2.75, 3.05) is 19.6 Å². The number of amides is 2. The van der Waals surface area contributed by atoms with Crippen molar-refractivity contribution in [2.45, 2.75) is 90.2 Å². The van der Waals surface area contributed by atoms with Gasteiger partial charge >= 0.3 is 0 Å². The van der Waals surface area contributed by atoms with Crippen molar-refractivity contribution in [2.24, 2.45) is 17.8 Å². The lowest BCUT2D eigenvalue weighted by atomic mass is 9.86. The molecule has 2 heterocycles. The van der Waals surface area contributed by atoms with Crippen LogP contribution in [0.25, 0.3) is 0 Å². The van der Waals surface area contributed by atoms with E-state index in [1.54, 1.807) is 4.90 Å². The van der Waals surface area contributed by atoms with Crippen LogP contribution in [-0.2, 0) is 27.4 Å². The molecule has 2 unspecified atom stereocenters. The Balaban J connectivity index is 1.48. The summed E-state index contributed by atoms with van der Waals surface area (Å²) in [5.41, 5.74) is 1.38. The summed E-state index contributed by atoms with van der Waals surface area (Å²) in [5.74, 6) is -2.52. The van der Waals surface area contributed by atoms with E-state index < -0.39 is 41.7 Å². The number of ether oxygens (including phenoxy) is 1. The Kier molecular flexibility index (Phi) is 12.1. The van der Waals surface area contributed by atoms with Gasteiger partial charge in [0.2, 0.25) is 11.8 Å². The molecule has 3 N–H and O–H groups in total. The minimum absolute atomic E-state index is 0.00474. The molecule has 0 aliphatic carbocycles. The minimum atomic E-state index is -1.05. The second-order valence-corrected chi connectivity index (χ2v) is 12.6. The summed E-state index contributed by atoms with van der Waals surface area (Å²) in [7, 11) is 0. The maximum atomic E-state index is 14.1. The summed E-state index contributed by atoms with van der Waals surface area (Å²) >= 11 is 0. The van der Waals surface area contributed by atoms with E-state index >= 15 is 0 Å². The Morgan fingerprint density at radius 2 is 1.84 bits per heavy atom. The SMILES string of the molecule is CCCCCN1CC(C(=O)N[C@@H](Cc2cc(F)cc(F)c2)[C@H](O)[C@H]2C[C@@H](OCc3ccccc3)CN2)C(CC(C)C)C1=O. The third-order valence-corrected chi connectivity index (χ3v) is 8.61. The molecule has 2 fully saturated rings. The highest BCUT2D eigenvalue weighted by atomic mass is 19.1. The second kappa shape index (κ2) is 15.7. The number of hydrogen-bond donors (Lipinski definition) is 3. The van der Waals surface area contributed by atoms with Gasteiger partial charge in [-0.1, -0.05) is 63.9 Å². The Bertz CT molecular complexity index is 1180. The van der Waals surface area contributed by atoms with Gasteiger partial charge in [0.25, 0.3) is 0 Å². The maximum absolute atomic E-state index is 14.1. The van der Waals surface area contributed by atoms with Crippen LogP contribution in [0.5, 0.6) is 0 Å². The van der Waals surface area contributed by atoms with Crippen LogP contribution in [0.2, 0.25) is 0 Å². The molecule has 0 bridgehead atoms. The summed E-state index contributed by atoms with van der Waals surface area (Å²) < 4.78 is 34.3. The lowest BCUT2D eigenvalue weighted by Gasteiger charge is -2.30. The van der Waals surface area contributed by atoms with E-state index in [4.69, 9.17) is 4.74 Å². The molecule has 7 nitrogen and oxygen atoms in total. The molecule has 0 radical (unpaired) electrons. The second-order valence-electron chi connectivity index (χ2n) is 12.6. The zero-order valence-corrected chi connectivity index (χ0v) is 25.6. The lowest BCUT2D eigenvalue weighted by Crippen LogP contribution is -2.54. The number of hydrogen-bond acceptors (Lipinski definition) is 5. The van der Waals surface area contributed by atoms with Crippen molar-refractivity contribution >= 4 is 11.8 Å². The third-order valence-electron chi connectivity index (χ3n) is 8.61. The lowest BCUT2D eigenvalue weighted by molar-refractivity contribution is -0.134. The largest absolute Gasteiger partial charge is 0.389 e. The number of aliphatic hydroxyl groups excluding tert-OH is 1. The van der Waals surface area contributed by atoms with E-state index in [2.05, 4.69) is 17.6 Å². The van der Waals surface area contributed by atoms with Gasteiger partial charge in [-0.2, -0.15) is 0 Å². The fraction of sp³-hybridized carbons (Fsp3) is 0.588. The number of carbonyl (C=O) groups excluding carboxylic acids is 2. The van der Waals surface area contributed by atoms with Crippen LogP contribution in [0, 0.1) is 29.4 Å². The number of aliphatic hydroxyl groups is 1. The fourth-order valence-electron chi connectivity index (χ4n) is 6.37. The normalized spacial score (nSPS) is 23.6. The average Bonchev–Trinajstić information content (AvgIpc) is 3.56. The monoisotopic (exact) mass is 599 g/mol. The van der Waals surface area contributed by atoms with E-state index in [1.165, 1.54) is 12.1 Å². The number of halogens is 2. The highest BCUT2D eigenvalue weighted by molar-refractivity contribution is 5.91. The van der Waals surface area contributed by atoms with Crippen LogP contribution < -0.4 is 10.6 Å². The molecule has 0 aromatic heterocycles. The van der Waals surface area contributed by atoms with E-state index in [-0.39, 0.29) is 30.3 Å². The van der Waals surface area contributed by atoms with E-state index in [0.29, 0.717) is 44.6 Å². The Morgan fingerprint density at radius 3 is 2.51 bits per heavy atom. The van der Waals surface area contributed by atoms with Crippen LogP contribution in [0.4, 0.5) is 8.78 Å². The maximum Gasteiger partial charge on any atom is 0.226 e. The number of likely N-dealkylation sites (tertiary alicyclic amines) is 1. The van der Waals surface area contributed by atoms with Crippen molar-refractivity contribution in [1.82, 2.24) is 15.5 Å². The number of nitrogens with zero attached hydrogens (tertiary/aromatic N) is 1. The fourth-order valence-corrected chi connectivity index (χ4v) is 6.37. The average molecular weight is 600 g/mol. The zero-order chi connectivity index (χ0) is 30.9. The molecular formula is C34H47F2N3O4. The summed E-state index contributed by atoms with van der Waals surface area (Å²) in [6, 6.07) is 11.8. The third kappa shape index (κ3) is 9.30. The van der Waals surface area contributed by atoms with Gasteiger partial charge in [0.05, 0.1) is 36.7 Å². The van der Waals surface area contributed by atoms with Crippen LogP contribution in [0.1, 0.15) is 64.0 Å². The highest BCUT2D eigenvalue weighted by Gasteiger charge is 2.45. The first kappa shape index (κ1) is 33.0. The van der Waals surface area contributed by atoms with Crippen molar-refractivity contribution < 1.29 is 28.2 Å². The smallest absolute Gasteiger partial charge is 0.226 e. The van der Waals surface area contributed by atoms with Crippen LogP contribution in [-0.4, -0.2) is 65.7 Å². The molecule has 236 valence electrons. The molecule has 0 saturated carbocycles. The Labute approximate surface area is 254 Å². The molecule has 9 heteroatoms. The Morgan fingerprint density at radius 1 is 1.12 bits per heavy atom. The first-order chi connectivity index (χ1) is 20.6. The number of carbonyl (C=O) groups is 2. The van der Waals surface area contributed by atoms with Gasteiger partial charge < -0.3 is 25.4 Å². The molecule has 4 rings (SSSR count). The number of rotatable bonds is 15. The molecule has 2 saturated heterocycles. The first-order valence-electron chi connectivity index (χ1n) is 15.8. The Hall–Kier alpha value is -2.88. The number of benzene rings is 2. The van der Waals surface area contributed by atoms with Gasteiger partial charge in [-0.25, -0.2) is 8.78 Å². The molecule has 2 amide bonds. The van der Waals surface area contributed by atoms with E-state index in [0.717, 1.165) is 30.9 Å². The standard InChI is InChI=1S/C34H47F2N3O4/c1-4-5-9-12-39-20-29(28(34(39)42)13-22(2)3)33(41)38-31(16-24-14-25(35)17-26(36)15-24)32(40)30-18-27(19-37-30)43-21-23-10-7-6-8-11-23/h6-8,10-11,14-15,17,22,27-32,37,40H,4-5,9,12-13,16,18-21H2,1-3H3,(H,38,41)/t27-,28?,29?,30-,31+,32-/m1/s1. The molecule has 0 spiro atoms. The molecular weight excluding hydrogens is 552 g/mol. The number of unbranched alkanes of at least 4 members (excludes halogenated alkanes) is 2. The summed E-state index contributed by atoms with van der Waals surface area (Å²) in [6.45, 7) is 8.11. The summed E-state index contributed by atoms with van der Waals surface area (Å²) in [4.78, 5) is 29.0. The van der Waals surface area contributed by atoms with Gasteiger partial charge in [-0.05, 0) is 54.9 Å². The van der Waals surface area contributed by atoms with Crippen molar-refractivity contribution in [3.05, 3.63) is 71.3 Å². The summed E-state index contributed by atoms with van der Waals surface area (Å²) in [5, 5.41) is 17.9. The molecule has 2 aliphatic heterocycles. The van der Waals surface area contributed by atoms with Crippen LogP contribution in [0.3, 0.4) is 0 Å². The first-order valence-corrected chi connectivity index (χ1v) is 15.8. The predicted molar refractivity (Wildman–Crippen MR) is 162 cm³/mol. The molecule has 2 aromatic rings. The molecule has 6 atom stereocenters. The van der Waals surface area contributed by atoms with Crippen molar-refractivity contribution in [3.8, 4) is 0 Å². The number of nitrogens with one attached hydrogen (secondary N) is 2. The molecule has 2 aliphatic rings. The van der Waals surface area contributed by atoms with E-state index in [1.807, 2.05) is 44.2 Å². The van der Waals surface area contributed by atoms with Gasteiger partial charge in [0.1, 0.15) is 11.6 Å². The van der Waals surface area contributed by atoms with E-state index in [9.17, 15) is 23.5 Å². The van der Waals surface area contributed by atoms with Gasteiger partial charge in [0.15, 0.2) is 0 Å². The van der Waals surface area contributed by atoms with Gasteiger partial charge in [-0.15, -0.1) is 0 Å². The van der Waals surface area contributed by atoms with Gasteiger partial charge in [-0.3, -0.25) is 9.59 Å². The van der Waals surface area contributed by atoms with Crippen molar-refractivity contribution in [3.63, 3.8) is 0 Å². The molecule has 43 heavy (non-hydrogen) atoms. The molecule has 2 aromatic carbocycles. The van der Waals surface area contributed by atoms with Crippen LogP contribution >= 0.6 is 0 Å². The quantitative estimate of drug-likeness (QED) is 0.260.